The Morgan fingerprint density at radius 3 is 2.79 bits per heavy atom. The lowest BCUT2D eigenvalue weighted by Gasteiger charge is -2.34. The fourth-order valence-electron chi connectivity index (χ4n) is 1.76. The molecule has 0 aliphatic heterocycles. The largest absolute Gasteiger partial charge is 0.381 e. The number of nitrogens with one attached hydrogen (secondary N) is 1. The average molecular weight is 255 g/mol. The van der Waals surface area contributed by atoms with Crippen molar-refractivity contribution >= 4 is 21.6 Å². The van der Waals surface area contributed by atoms with Crippen LogP contribution in [0.5, 0.6) is 0 Å². The van der Waals surface area contributed by atoms with E-state index in [0.717, 1.165) is 12.8 Å². The first-order chi connectivity index (χ1) is 6.66. The summed E-state index contributed by atoms with van der Waals surface area (Å²) in [5, 5.41) is 3.49. The SMILES string of the molecule is Cc1cccc(NC2CC(N)C2)c1Br. The first-order valence-corrected chi connectivity index (χ1v) is 5.73. The van der Waals surface area contributed by atoms with Gasteiger partial charge in [0.25, 0.3) is 0 Å². The smallest absolute Gasteiger partial charge is 0.0489 e. The van der Waals surface area contributed by atoms with Crippen LogP contribution in [-0.2, 0) is 0 Å². The van der Waals surface area contributed by atoms with Crippen molar-refractivity contribution in [2.24, 2.45) is 5.73 Å². The Morgan fingerprint density at radius 2 is 2.14 bits per heavy atom. The van der Waals surface area contributed by atoms with Crippen molar-refractivity contribution in [2.45, 2.75) is 31.8 Å². The van der Waals surface area contributed by atoms with Gasteiger partial charge in [-0.3, -0.25) is 0 Å². The highest BCUT2D eigenvalue weighted by Gasteiger charge is 2.25. The summed E-state index contributed by atoms with van der Waals surface area (Å²) in [6, 6.07) is 7.23. The highest BCUT2D eigenvalue weighted by Crippen LogP contribution is 2.29. The number of hydrogen-bond donors (Lipinski definition) is 2. The van der Waals surface area contributed by atoms with Crippen molar-refractivity contribution in [1.82, 2.24) is 0 Å². The zero-order valence-electron chi connectivity index (χ0n) is 8.26. The normalized spacial score (nSPS) is 25.6. The molecule has 0 amide bonds. The van der Waals surface area contributed by atoms with E-state index in [-0.39, 0.29) is 0 Å². The molecule has 0 heterocycles. The van der Waals surface area contributed by atoms with Crippen LogP contribution >= 0.6 is 15.9 Å². The van der Waals surface area contributed by atoms with Gasteiger partial charge in [-0.2, -0.15) is 0 Å². The third-order valence-corrected chi connectivity index (χ3v) is 3.78. The summed E-state index contributed by atoms with van der Waals surface area (Å²) in [6.45, 7) is 2.10. The molecule has 1 aromatic rings. The molecule has 1 aromatic carbocycles. The van der Waals surface area contributed by atoms with E-state index in [9.17, 15) is 0 Å². The summed E-state index contributed by atoms with van der Waals surface area (Å²) in [5.74, 6) is 0. The second kappa shape index (κ2) is 3.91. The minimum absolute atomic E-state index is 0.399. The number of halogens is 1. The molecule has 0 spiro atoms. The maximum absolute atomic E-state index is 5.74. The van der Waals surface area contributed by atoms with Gasteiger partial charge in [-0.25, -0.2) is 0 Å². The first-order valence-electron chi connectivity index (χ1n) is 4.94. The van der Waals surface area contributed by atoms with Crippen LogP contribution in [0, 0.1) is 6.92 Å². The minimum Gasteiger partial charge on any atom is -0.381 e. The molecule has 0 unspecified atom stereocenters. The zero-order valence-corrected chi connectivity index (χ0v) is 9.84. The molecule has 1 aliphatic rings. The van der Waals surface area contributed by atoms with Crippen LogP contribution in [0.3, 0.4) is 0 Å². The highest BCUT2D eigenvalue weighted by molar-refractivity contribution is 9.10. The third-order valence-electron chi connectivity index (χ3n) is 2.73. The van der Waals surface area contributed by atoms with Gasteiger partial charge < -0.3 is 11.1 Å². The Morgan fingerprint density at radius 1 is 1.43 bits per heavy atom. The predicted molar refractivity (Wildman–Crippen MR) is 63.5 cm³/mol. The van der Waals surface area contributed by atoms with E-state index >= 15 is 0 Å². The van der Waals surface area contributed by atoms with Gasteiger partial charge in [0.15, 0.2) is 0 Å². The van der Waals surface area contributed by atoms with Crippen LogP contribution < -0.4 is 11.1 Å². The van der Waals surface area contributed by atoms with E-state index in [4.69, 9.17) is 5.73 Å². The van der Waals surface area contributed by atoms with E-state index in [1.165, 1.54) is 15.7 Å². The van der Waals surface area contributed by atoms with Crippen LogP contribution in [0.2, 0.25) is 0 Å². The van der Waals surface area contributed by atoms with Gasteiger partial charge >= 0.3 is 0 Å². The number of nitrogens with two attached hydrogens (primary N) is 1. The lowest BCUT2D eigenvalue weighted by atomic mass is 9.87. The monoisotopic (exact) mass is 254 g/mol. The van der Waals surface area contributed by atoms with E-state index in [1.807, 2.05) is 0 Å². The summed E-state index contributed by atoms with van der Waals surface area (Å²) in [4.78, 5) is 0. The van der Waals surface area contributed by atoms with E-state index in [2.05, 4.69) is 46.4 Å². The standard InChI is InChI=1S/C11H15BrN2/c1-7-3-2-4-10(11(7)12)14-9-5-8(13)6-9/h2-4,8-9,14H,5-6,13H2,1H3. The highest BCUT2D eigenvalue weighted by atomic mass is 79.9. The number of anilines is 1. The van der Waals surface area contributed by atoms with Crippen molar-refractivity contribution in [3.05, 3.63) is 28.2 Å². The molecule has 14 heavy (non-hydrogen) atoms. The average Bonchev–Trinajstić information content (AvgIpc) is 2.10. The maximum atomic E-state index is 5.74. The molecule has 1 aliphatic carbocycles. The summed E-state index contributed by atoms with van der Waals surface area (Å²) in [6.07, 6.45) is 2.17. The maximum Gasteiger partial charge on any atom is 0.0489 e. The Labute approximate surface area is 93.0 Å². The molecule has 3 N–H and O–H groups in total. The predicted octanol–water partition coefficient (Wildman–Crippen LogP) is 2.66. The van der Waals surface area contributed by atoms with Crippen molar-refractivity contribution in [3.63, 3.8) is 0 Å². The molecule has 76 valence electrons. The van der Waals surface area contributed by atoms with E-state index in [1.54, 1.807) is 0 Å². The molecule has 0 bridgehead atoms. The van der Waals surface area contributed by atoms with Gasteiger partial charge in [0.2, 0.25) is 0 Å². The number of rotatable bonds is 2. The summed E-state index contributed by atoms with van der Waals surface area (Å²) in [7, 11) is 0. The molecule has 0 radical (unpaired) electrons. The fraction of sp³-hybridized carbons (Fsp3) is 0.455. The van der Waals surface area contributed by atoms with Gasteiger partial charge in [0, 0.05) is 22.2 Å². The van der Waals surface area contributed by atoms with Crippen molar-refractivity contribution in [2.75, 3.05) is 5.32 Å². The molecule has 0 aromatic heterocycles. The van der Waals surface area contributed by atoms with Crippen molar-refractivity contribution in [3.8, 4) is 0 Å². The van der Waals surface area contributed by atoms with Crippen LogP contribution in [0.25, 0.3) is 0 Å². The third kappa shape index (κ3) is 1.93. The Balaban J connectivity index is 2.06. The molecule has 1 saturated carbocycles. The molecule has 1 fully saturated rings. The topological polar surface area (TPSA) is 38.0 Å². The quantitative estimate of drug-likeness (QED) is 0.852. The summed E-state index contributed by atoms with van der Waals surface area (Å²) in [5.41, 5.74) is 8.18. The second-order valence-corrected chi connectivity index (χ2v) is 4.80. The molecule has 2 rings (SSSR count). The zero-order chi connectivity index (χ0) is 10.1. The van der Waals surface area contributed by atoms with Crippen molar-refractivity contribution < 1.29 is 0 Å². The van der Waals surface area contributed by atoms with Gasteiger partial charge in [-0.1, -0.05) is 12.1 Å². The Hall–Kier alpha value is -0.540. The van der Waals surface area contributed by atoms with Gasteiger partial charge in [-0.05, 0) is 47.3 Å². The van der Waals surface area contributed by atoms with Crippen LogP contribution in [-0.4, -0.2) is 12.1 Å². The molecule has 2 nitrogen and oxygen atoms in total. The van der Waals surface area contributed by atoms with Crippen LogP contribution in [0.4, 0.5) is 5.69 Å². The van der Waals surface area contributed by atoms with Crippen LogP contribution in [0.1, 0.15) is 18.4 Å². The fourth-order valence-corrected chi connectivity index (χ4v) is 2.14. The number of aryl methyl sites for hydroxylation is 1. The molecule has 3 heteroatoms. The minimum atomic E-state index is 0.399. The second-order valence-electron chi connectivity index (χ2n) is 4.01. The molecular weight excluding hydrogens is 240 g/mol. The Kier molecular flexibility index (Phi) is 2.79. The van der Waals surface area contributed by atoms with E-state index in [0.29, 0.717) is 12.1 Å². The number of benzene rings is 1. The molecular formula is C11H15BrN2. The summed E-state index contributed by atoms with van der Waals surface area (Å²) < 4.78 is 1.17. The summed E-state index contributed by atoms with van der Waals surface area (Å²) >= 11 is 3.58. The van der Waals surface area contributed by atoms with Gasteiger partial charge in [0.1, 0.15) is 0 Å². The lowest BCUT2D eigenvalue weighted by molar-refractivity contribution is 0.373. The van der Waals surface area contributed by atoms with Gasteiger partial charge in [0.05, 0.1) is 0 Å². The molecule has 0 atom stereocenters. The Bertz CT molecular complexity index is 332. The van der Waals surface area contributed by atoms with Gasteiger partial charge in [-0.15, -0.1) is 0 Å². The van der Waals surface area contributed by atoms with Crippen molar-refractivity contribution in [1.29, 1.82) is 0 Å². The number of hydrogen-bond acceptors (Lipinski definition) is 2. The van der Waals surface area contributed by atoms with Crippen LogP contribution in [0.15, 0.2) is 22.7 Å². The first kappa shape index (κ1) is 9.99. The van der Waals surface area contributed by atoms with E-state index < -0.39 is 0 Å². The lowest BCUT2D eigenvalue weighted by Crippen LogP contribution is -2.44. The molecule has 0 saturated heterocycles.